The van der Waals surface area contributed by atoms with Gasteiger partial charge in [-0.2, -0.15) is 0 Å². The first kappa shape index (κ1) is 11.9. The van der Waals surface area contributed by atoms with Crippen LogP contribution in [-0.4, -0.2) is 17.8 Å². The van der Waals surface area contributed by atoms with E-state index in [1.54, 1.807) is 12.1 Å². The number of oxazole rings is 1. The third-order valence-electron chi connectivity index (χ3n) is 2.35. The van der Waals surface area contributed by atoms with Crippen LogP contribution in [0.1, 0.15) is 20.3 Å². The Balaban J connectivity index is 2.51. The molecule has 1 aromatic heterocycles. The van der Waals surface area contributed by atoms with Gasteiger partial charge in [0.05, 0.1) is 5.52 Å². The summed E-state index contributed by atoms with van der Waals surface area (Å²) < 4.78 is 17.3. The molecule has 1 aromatic carbocycles. The molecule has 0 aliphatic heterocycles. The Labute approximate surface area is 98.6 Å². The van der Waals surface area contributed by atoms with E-state index in [-0.39, 0.29) is 0 Å². The number of benzene rings is 1. The molecule has 0 N–H and O–H groups in total. The highest BCUT2D eigenvalue weighted by Gasteiger charge is 2.18. The van der Waals surface area contributed by atoms with Crippen LogP contribution in [0, 0.1) is 0 Å². The zero-order valence-corrected chi connectivity index (χ0v) is 9.88. The van der Waals surface area contributed by atoms with Crippen LogP contribution in [0.2, 0.25) is 0 Å². The van der Waals surface area contributed by atoms with Gasteiger partial charge in [0.2, 0.25) is 6.41 Å². The van der Waals surface area contributed by atoms with Crippen LogP contribution in [0.3, 0.4) is 0 Å². The smallest absolute Gasteiger partial charge is 0.408 e. The summed E-state index contributed by atoms with van der Waals surface area (Å²) in [5, 5.41) is 0. The summed E-state index contributed by atoms with van der Waals surface area (Å²) in [6.45, 7) is 4.60. The number of ether oxygens (including phenoxy) is 2. The number of aromatic nitrogens is 1. The van der Waals surface area contributed by atoms with E-state index in [1.807, 2.05) is 26.0 Å². The van der Waals surface area contributed by atoms with Gasteiger partial charge in [-0.25, -0.2) is 9.36 Å². The van der Waals surface area contributed by atoms with Gasteiger partial charge in [-0.1, -0.05) is 12.1 Å². The minimum atomic E-state index is -0.735. The van der Waals surface area contributed by atoms with Gasteiger partial charge in [0.15, 0.2) is 5.58 Å². The molecule has 0 spiro atoms. The van der Waals surface area contributed by atoms with Crippen molar-refractivity contribution in [3.8, 4) is 0 Å². The van der Waals surface area contributed by atoms with E-state index in [4.69, 9.17) is 13.9 Å². The molecule has 1 heterocycles. The third-order valence-corrected chi connectivity index (χ3v) is 2.35. The molecule has 0 atom stereocenters. The molecule has 5 nitrogen and oxygen atoms in total. The molecule has 0 fully saturated rings. The maximum atomic E-state index is 11.8. The third kappa shape index (κ3) is 2.25. The number of fused-ring (bicyclic) bond motifs is 1. The molecule has 0 amide bonds. The Hall–Kier alpha value is -1.59. The van der Waals surface area contributed by atoms with Crippen molar-refractivity contribution in [2.24, 2.45) is 0 Å². The molecule has 5 heteroatoms. The predicted octanol–water partition coefficient (Wildman–Crippen LogP) is 2.12. The summed E-state index contributed by atoms with van der Waals surface area (Å²) in [7, 11) is 0. The molecular weight excluding hydrogens is 222 g/mol. The molecule has 0 radical (unpaired) electrons. The second-order valence-corrected chi connectivity index (χ2v) is 3.42. The number of para-hydroxylation sites is 2. The Morgan fingerprint density at radius 1 is 1.24 bits per heavy atom. The quantitative estimate of drug-likeness (QED) is 0.747. The van der Waals surface area contributed by atoms with Gasteiger partial charge >= 0.3 is 5.76 Å². The van der Waals surface area contributed by atoms with Crippen molar-refractivity contribution >= 4 is 11.1 Å². The van der Waals surface area contributed by atoms with Crippen LogP contribution < -0.4 is 5.76 Å². The van der Waals surface area contributed by atoms with Crippen LogP contribution in [0.5, 0.6) is 0 Å². The summed E-state index contributed by atoms with van der Waals surface area (Å²) in [4.78, 5) is 11.8. The standard InChI is InChI=1S/C12H15NO4/c1-3-15-12(16-4-2)13-9-7-5-6-8-10(9)17-11(13)14/h5-8,12H,3-4H2,1-2H3. The fraction of sp³-hybridized carbons (Fsp3) is 0.417. The van der Waals surface area contributed by atoms with Crippen molar-refractivity contribution < 1.29 is 13.9 Å². The highest BCUT2D eigenvalue weighted by Crippen LogP contribution is 2.18. The van der Waals surface area contributed by atoms with E-state index in [1.165, 1.54) is 4.57 Å². The first-order chi connectivity index (χ1) is 8.27. The van der Waals surface area contributed by atoms with E-state index >= 15 is 0 Å². The molecule has 2 aromatic rings. The summed E-state index contributed by atoms with van der Waals surface area (Å²) in [6.07, 6.45) is -0.735. The van der Waals surface area contributed by atoms with Gasteiger partial charge in [-0.15, -0.1) is 0 Å². The number of rotatable bonds is 5. The second kappa shape index (κ2) is 5.16. The Morgan fingerprint density at radius 3 is 2.53 bits per heavy atom. The maximum absolute atomic E-state index is 11.8. The summed E-state index contributed by atoms with van der Waals surface area (Å²) in [6, 6.07) is 7.18. The molecule has 0 saturated carbocycles. The van der Waals surface area contributed by atoms with Crippen molar-refractivity contribution in [1.82, 2.24) is 4.57 Å². The Bertz CT molecular complexity index is 537. The monoisotopic (exact) mass is 237 g/mol. The van der Waals surface area contributed by atoms with Gasteiger partial charge in [0, 0.05) is 13.2 Å². The molecule has 2 rings (SSSR count). The zero-order chi connectivity index (χ0) is 12.3. The highest BCUT2D eigenvalue weighted by atomic mass is 16.7. The summed E-state index contributed by atoms with van der Waals surface area (Å²) in [5.41, 5.74) is 1.20. The van der Waals surface area contributed by atoms with Gasteiger partial charge in [-0.05, 0) is 26.0 Å². The largest absolute Gasteiger partial charge is 0.424 e. The van der Waals surface area contributed by atoms with E-state index in [9.17, 15) is 4.79 Å². The molecule has 0 saturated heterocycles. The minimum absolute atomic E-state index is 0.455. The lowest BCUT2D eigenvalue weighted by atomic mass is 10.3. The average Bonchev–Trinajstić information content (AvgIpc) is 2.64. The lowest BCUT2D eigenvalue weighted by molar-refractivity contribution is -0.186. The first-order valence-corrected chi connectivity index (χ1v) is 5.61. The van der Waals surface area contributed by atoms with Crippen LogP contribution in [0.25, 0.3) is 11.1 Å². The van der Waals surface area contributed by atoms with E-state index in [2.05, 4.69) is 0 Å². The van der Waals surface area contributed by atoms with Gasteiger partial charge < -0.3 is 13.9 Å². The molecule has 0 aliphatic carbocycles. The number of hydrogen-bond donors (Lipinski definition) is 0. The van der Waals surface area contributed by atoms with Crippen LogP contribution in [0.4, 0.5) is 0 Å². The molecular formula is C12H15NO4. The predicted molar refractivity (Wildman–Crippen MR) is 62.8 cm³/mol. The Kier molecular flexibility index (Phi) is 3.61. The summed E-state index contributed by atoms with van der Waals surface area (Å²) in [5.74, 6) is -0.474. The van der Waals surface area contributed by atoms with Crippen molar-refractivity contribution in [2.45, 2.75) is 20.3 Å². The molecule has 17 heavy (non-hydrogen) atoms. The van der Waals surface area contributed by atoms with E-state index in [0.29, 0.717) is 24.3 Å². The molecule has 0 unspecified atom stereocenters. The van der Waals surface area contributed by atoms with E-state index < -0.39 is 12.2 Å². The maximum Gasteiger partial charge on any atom is 0.424 e. The molecule has 92 valence electrons. The minimum Gasteiger partial charge on any atom is -0.408 e. The fourth-order valence-electron chi connectivity index (χ4n) is 1.67. The van der Waals surface area contributed by atoms with Crippen LogP contribution in [-0.2, 0) is 9.47 Å². The molecule has 0 bridgehead atoms. The Morgan fingerprint density at radius 2 is 1.88 bits per heavy atom. The van der Waals surface area contributed by atoms with Crippen molar-refractivity contribution in [3.05, 3.63) is 34.8 Å². The number of hydrogen-bond acceptors (Lipinski definition) is 4. The lowest BCUT2D eigenvalue weighted by Crippen LogP contribution is -2.25. The SMILES string of the molecule is CCOC(OCC)n1c(=O)oc2ccccc21. The lowest BCUT2D eigenvalue weighted by Gasteiger charge is -2.17. The van der Waals surface area contributed by atoms with Crippen LogP contribution >= 0.6 is 0 Å². The highest BCUT2D eigenvalue weighted by molar-refractivity contribution is 5.72. The zero-order valence-electron chi connectivity index (χ0n) is 9.88. The fourth-order valence-corrected chi connectivity index (χ4v) is 1.67. The van der Waals surface area contributed by atoms with Gasteiger partial charge in [-0.3, -0.25) is 0 Å². The van der Waals surface area contributed by atoms with Crippen LogP contribution in [0.15, 0.2) is 33.5 Å². The van der Waals surface area contributed by atoms with Gasteiger partial charge in [0.25, 0.3) is 0 Å². The van der Waals surface area contributed by atoms with E-state index in [0.717, 1.165) is 0 Å². The average molecular weight is 237 g/mol. The summed E-state index contributed by atoms with van der Waals surface area (Å²) >= 11 is 0. The normalized spacial score (nSPS) is 11.5. The van der Waals surface area contributed by atoms with Gasteiger partial charge in [0.1, 0.15) is 0 Å². The van der Waals surface area contributed by atoms with Crippen molar-refractivity contribution in [3.63, 3.8) is 0 Å². The second-order valence-electron chi connectivity index (χ2n) is 3.42. The van der Waals surface area contributed by atoms with Crippen molar-refractivity contribution in [1.29, 1.82) is 0 Å². The molecule has 0 aliphatic rings. The topological polar surface area (TPSA) is 53.6 Å². The first-order valence-electron chi connectivity index (χ1n) is 5.61. The van der Waals surface area contributed by atoms with Crippen molar-refractivity contribution in [2.75, 3.05) is 13.2 Å². The number of nitrogens with zero attached hydrogens (tertiary/aromatic N) is 1.